The Morgan fingerprint density at radius 1 is 1.35 bits per heavy atom. The SMILES string of the molecule is CCOC(=O)C1=C(N[C@@H](C)c2ccccc2)CN(C(=O)O)CC1. The zero-order valence-electron chi connectivity index (χ0n) is 13.4. The van der Waals surface area contributed by atoms with Gasteiger partial charge < -0.3 is 20.1 Å². The summed E-state index contributed by atoms with van der Waals surface area (Å²) < 4.78 is 5.09. The summed E-state index contributed by atoms with van der Waals surface area (Å²) in [5.74, 6) is -0.375. The monoisotopic (exact) mass is 318 g/mol. The number of esters is 1. The highest BCUT2D eigenvalue weighted by Crippen LogP contribution is 2.21. The molecule has 1 aromatic rings. The molecular formula is C17H22N2O4. The number of nitrogens with zero attached hydrogens (tertiary/aromatic N) is 1. The lowest BCUT2D eigenvalue weighted by Crippen LogP contribution is -2.41. The van der Waals surface area contributed by atoms with Gasteiger partial charge in [0.1, 0.15) is 0 Å². The maximum absolute atomic E-state index is 12.1. The summed E-state index contributed by atoms with van der Waals surface area (Å²) in [7, 11) is 0. The van der Waals surface area contributed by atoms with Crippen LogP contribution in [0.3, 0.4) is 0 Å². The van der Waals surface area contributed by atoms with E-state index >= 15 is 0 Å². The molecule has 0 unspecified atom stereocenters. The van der Waals surface area contributed by atoms with Gasteiger partial charge in [-0.25, -0.2) is 9.59 Å². The molecular weight excluding hydrogens is 296 g/mol. The minimum absolute atomic E-state index is 0.0376. The predicted octanol–water partition coefficient (Wildman–Crippen LogP) is 2.54. The number of amides is 1. The Hall–Kier alpha value is -2.50. The van der Waals surface area contributed by atoms with Gasteiger partial charge in [-0.3, -0.25) is 0 Å². The second-order valence-corrected chi connectivity index (χ2v) is 5.41. The first-order chi connectivity index (χ1) is 11.0. The van der Waals surface area contributed by atoms with Gasteiger partial charge in [-0.2, -0.15) is 0 Å². The van der Waals surface area contributed by atoms with E-state index in [-0.39, 0.29) is 18.6 Å². The molecule has 2 N–H and O–H groups in total. The Morgan fingerprint density at radius 3 is 2.65 bits per heavy atom. The van der Waals surface area contributed by atoms with Crippen molar-refractivity contribution in [1.82, 2.24) is 10.2 Å². The first-order valence-electron chi connectivity index (χ1n) is 7.71. The van der Waals surface area contributed by atoms with Crippen LogP contribution in [0.15, 0.2) is 41.6 Å². The Balaban J connectivity index is 2.23. The normalized spacial score (nSPS) is 16.0. The summed E-state index contributed by atoms with van der Waals surface area (Å²) in [5.41, 5.74) is 2.22. The van der Waals surface area contributed by atoms with Crippen molar-refractivity contribution < 1.29 is 19.4 Å². The molecule has 124 valence electrons. The molecule has 1 aliphatic rings. The van der Waals surface area contributed by atoms with E-state index in [1.54, 1.807) is 6.92 Å². The number of benzene rings is 1. The minimum atomic E-state index is -0.987. The smallest absolute Gasteiger partial charge is 0.407 e. The molecule has 0 saturated heterocycles. The summed E-state index contributed by atoms with van der Waals surface area (Å²) in [6, 6.07) is 9.76. The fraction of sp³-hybridized carbons (Fsp3) is 0.412. The first-order valence-corrected chi connectivity index (χ1v) is 7.71. The quantitative estimate of drug-likeness (QED) is 0.816. The summed E-state index contributed by atoms with van der Waals surface area (Å²) in [4.78, 5) is 24.6. The molecule has 0 fully saturated rings. The highest BCUT2D eigenvalue weighted by atomic mass is 16.5. The molecule has 0 saturated carbocycles. The molecule has 0 spiro atoms. The van der Waals surface area contributed by atoms with Gasteiger partial charge in [0.2, 0.25) is 0 Å². The lowest BCUT2D eigenvalue weighted by molar-refractivity contribution is -0.139. The topological polar surface area (TPSA) is 78.9 Å². The van der Waals surface area contributed by atoms with E-state index in [0.29, 0.717) is 30.8 Å². The van der Waals surface area contributed by atoms with Gasteiger partial charge in [-0.15, -0.1) is 0 Å². The van der Waals surface area contributed by atoms with Crippen molar-refractivity contribution in [3.8, 4) is 0 Å². The molecule has 0 aliphatic carbocycles. The molecule has 1 amide bonds. The molecule has 1 aromatic carbocycles. The van der Waals surface area contributed by atoms with Crippen molar-refractivity contribution in [2.24, 2.45) is 0 Å². The lowest BCUT2D eigenvalue weighted by atomic mass is 10.0. The molecule has 23 heavy (non-hydrogen) atoms. The van der Waals surface area contributed by atoms with Crippen LogP contribution in [-0.4, -0.2) is 41.8 Å². The highest BCUT2D eigenvalue weighted by molar-refractivity contribution is 5.90. The van der Waals surface area contributed by atoms with E-state index in [0.717, 1.165) is 5.56 Å². The minimum Gasteiger partial charge on any atom is -0.465 e. The van der Waals surface area contributed by atoms with Crippen molar-refractivity contribution in [2.75, 3.05) is 19.7 Å². The molecule has 2 rings (SSSR count). The maximum Gasteiger partial charge on any atom is 0.407 e. The number of hydrogen-bond acceptors (Lipinski definition) is 4. The van der Waals surface area contributed by atoms with Crippen molar-refractivity contribution >= 4 is 12.1 Å². The van der Waals surface area contributed by atoms with Gasteiger partial charge in [0.25, 0.3) is 0 Å². The third-order valence-corrected chi connectivity index (χ3v) is 3.83. The number of nitrogens with one attached hydrogen (secondary N) is 1. The number of carboxylic acid groups (broad SMARTS) is 1. The zero-order chi connectivity index (χ0) is 16.8. The maximum atomic E-state index is 12.1. The van der Waals surface area contributed by atoms with Crippen LogP contribution < -0.4 is 5.32 Å². The molecule has 6 heteroatoms. The number of hydrogen-bond donors (Lipinski definition) is 2. The highest BCUT2D eigenvalue weighted by Gasteiger charge is 2.27. The van der Waals surface area contributed by atoms with E-state index in [9.17, 15) is 14.7 Å². The molecule has 1 atom stereocenters. The van der Waals surface area contributed by atoms with Crippen LogP contribution in [0, 0.1) is 0 Å². The van der Waals surface area contributed by atoms with Crippen molar-refractivity contribution in [3.63, 3.8) is 0 Å². The van der Waals surface area contributed by atoms with E-state index in [4.69, 9.17) is 4.74 Å². The van der Waals surface area contributed by atoms with Gasteiger partial charge in [0.15, 0.2) is 0 Å². The summed E-state index contributed by atoms with van der Waals surface area (Å²) in [5, 5.41) is 12.5. The second kappa shape index (κ2) is 7.67. The average Bonchev–Trinajstić information content (AvgIpc) is 2.55. The van der Waals surface area contributed by atoms with Gasteiger partial charge in [0, 0.05) is 18.3 Å². The number of carbonyl (C=O) groups is 2. The molecule has 1 aliphatic heterocycles. The first kappa shape index (κ1) is 16.9. The Kier molecular flexibility index (Phi) is 5.62. The molecule has 0 radical (unpaired) electrons. The Morgan fingerprint density at radius 2 is 2.04 bits per heavy atom. The Labute approximate surface area is 135 Å². The van der Waals surface area contributed by atoms with Gasteiger partial charge in [-0.05, 0) is 25.8 Å². The number of ether oxygens (including phenoxy) is 1. The molecule has 0 aromatic heterocycles. The molecule has 0 bridgehead atoms. The zero-order valence-corrected chi connectivity index (χ0v) is 13.4. The molecule has 1 heterocycles. The lowest BCUT2D eigenvalue weighted by Gasteiger charge is -2.30. The third kappa shape index (κ3) is 4.25. The van der Waals surface area contributed by atoms with Crippen LogP contribution >= 0.6 is 0 Å². The largest absolute Gasteiger partial charge is 0.465 e. The fourth-order valence-corrected chi connectivity index (χ4v) is 2.59. The van der Waals surface area contributed by atoms with Crippen LogP contribution in [-0.2, 0) is 9.53 Å². The van der Waals surface area contributed by atoms with Gasteiger partial charge in [-0.1, -0.05) is 30.3 Å². The van der Waals surface area contributed by atoms with Gasteiger partial charge >= 0.3 is 12.1 Å². The van der Waals surface area contributed by atoms with E-state index in [1.807, 2.05) is 37.3 Å². The second-order valence-electron chi connectivity index (χ2n) is 5.41. The Bertz CT molecular complexity index is 598. The third-order valence-electron chi connectivity index (χ3n) is 3.83. The van der Waals surface area contributed by atoms with Crippen molar-refractivity contribution in [1.29, 1.82) is 0 Å². The summed E-state index contributed by atoms with van der Waals surface area (Å²) in [6.45, 7) is 4.50. The van der Waals surface area contributed by atoms with E-state index in [2.05, 4.69) is 5.32 Å². The average molecular weight is 318 g/mol. The van der Waals surface area contributed by atoms with Crippen LogP contribution in [0.5, 0.6) is 0 Å². The van der Waals surface area contributed by atoms with Crippen molar-refractivity contribution in [2.45, 2.75) is 26.3 Å². The standard InChI is InChI=1S/C17H22N2O4/c1-3-23-16(20)14-9-10-19(17(21)22)11-15(14)18-12(2)13-7-5-4-6-8-13/h4-8,12,18H,3,9-11H2,1-2H3,(H,21,22)/t12-/m0/s1. The van der Waals surface area contributed by atoms with E-state index < -0.39 is 6.09 Å². The van der Waals surface area contributed by atoms with E-state index in [1.165, 1.54) is 4.90 Å². The molecule has 6 nitrogen and oxygen atoms in total. The number of rotatable bonds is 5. The van der Waals surface area contributed by atoms with Crippen LogP contribution in [0.1, 0.15) is 31.9 Å². The predicted molar refractivity (Wildman–Crippen MR) is 85.9 cm³/mol. The fourth-order valence-electron chi connectivity index (χ4n) is 2.59. The van der Waals surface area contributed by atoms with Crippen LogP contribution in [0.25, 0.3) is 0 Å². The van der Waals surface area contributed by atoms with Crippen LogP contribution in [0.2, 0.25) is 0 Å². The van der Waals surface area contributed by atoms with Gasteiger partial charge in [0.05, 0.1) is 18.7 Å². The summed E-state index contributed by atoms with van der Waals surface area (Å²) in [6.07, 6.45) is -0.630. The van der Waals surface area contributed by atoms with Crippen LogP contribution in [0.4, 0.5) is 4.79 Å². The van der Waals surface area contributed by atoms with Crippen molar-refractivity contribution in [3.05, 3.63) is 47.2 Å². The number of carbonyl (C=O) groups excluding carboxylic acids is 1. The summed E-state index contributed by atoms with van der Waals surface area (Å²) >= 11 is 0.